The summed E-state index contributed by atoms with van der Waals surface area (Å²) in [4.78, 5) is 14.2. The molecular weight excluding hydrogens is 292 g/mol. The number of ether oxygens (including phenoxy) is 2. The van der Waals surface area contributed by atoms with Crippen LogP contribution in [-0.4, -0.2) is 44.3 Å². The number of rotatable bonds is 5. The van der Waals surface area contributed by atoms with Gasteiger partial charge in [-0.25, -0.2) is 0 Å². The lowest BCUT2D eigenvalue weighted by molar-refractivity contribution is -0.116. The van der Waals surface area contributed by atoms with E-state index in [9.17, 15) is 4.79 Å². The molecule has 2 aliphatic heterocycles. The van der Waals surface area contributed by atoms with E-state index < -0.39 is 0 Å². The molecule has 5 heteroatoms. The van der Waals surface area contributed by atoms with Crippen molar-refractivity contribution in [3.8, 4) is 11.5 Å². The summed E-state index contributed by atoms with van der Waals surface area (Å²) < 4.78 is 10.6. The Hall–Kier alpha value is -2.01. The molecule has 1 amide bonds. The first-order valence-corrected chi connectivity index (χ1v) is 8.25. The van der Waals surface area contributed by atoms with Crippen molar-refractivity contribution < 1.29 is 14.3 Å². The Labute approximate surface area is 137 Å². The fourth-order valence-corrected chi connectivity index (χ4v) is 3.00. The van der Waals surface area contributed by atoms with E-state index in [0.717, 1.165) is 35.9 Å². The number of likely N-dealkylation sites (tertiary alicyclic amines) is 1. The Morgan fingerprint density at radius 3 is 2.91 bits per heavy atom. The molecule has 0 spiro atoms. The summed E-state index contributed by atoms with van der Waals surface area (Å²) in [6, 6.07) is 5.65. The molecule has 0 radical (unpaired) electrons. The Morgan fingerprint density at radius 1 is 1.30 bits per heavy atom. The number of amides is 1. The van der Waals surface area contributed by atoms with Crippen LogP contribution in [0.3, 0.4) is 0 Å². The van der Waals surface area contributed by atoms with Crippen LogP contribution in [0.25, 0.3) is 6.08 Å². The molecule has 0 atom stereocenters. The largest absolute Gasteiger partial charge is 0.454 e. The molecule has 23 heavy (non-hydrogen) atoms. The average molecular weight is 316 g/mol. The number of hydrogen-bond acceptors (Lipinski definition) is 4. The number of nitrogens with zero attached hydrogens (tertiary/aromatic N) is 1. The van der Waals surface area contributed by atoms with Gasteiger partial charge in [0.25, 0.3) is 0 Å². The topological polar surface area (TPSA) is 50.8 Å². The van der Waals surface area contributed by atoms with Gasteiger partial charge in [-0.1, -0.05) is 6.07 Å². The molecule has 0 unspecified atom stereocenters. The van der Waals surface area contributed by atoms with Gasteiger partial charge < -0.3 is 19.7 Å². The molecule has 0 bridgehead atoms. The minimum atomic E-state index is -0.0457. The Bertz CT molecular complexity index is 578. The highest BCUT2D eigenvalue weighted by atomic mass is 16.7. The average Bonchev–Trinajstić information content (AvgIpc) is 3.02. The highest BCUT2D eigenvalue weighted by Gasteiger charge is 2.16. The molecule has 1 fully saturated rings. The van der Waals surface area contributed by atoms with E-state index in [1.807, 2.05) is 18.2 Å². The van der Waals surface area contributed by atoms with Crippen LogP contribution in [0.2, 0.25) is 0 Å². The third-order valence-electron chi connectivity index (χ3n) is 4.51. The summed E-state index contributed by atoms with van der Waals surface area (Å²) in [6.45, 7) is 3.35. The molecule has 1 aromatic rings. The van der Waals surface area contributed by atoms with Crippen molar-refractivity contribution in [2.24, 2.45) is 5.92 Å². The van der Waals surface area contributed by atoms with Gasteiger partial charge in [-0.2, -0.15) is 0 Å². The van der Waals surface area contributed by atoms with Gasteiger partial charge in [-0.3, -0.25) is 4.79 Å². The zero-order valence-corrected chi connectivity index (χ0v) is 13.6. The van der Waals surface area contributed by atoms with E-state index in [1.54, 1.807) is 12.2 Å². The minimum absolute atomic E-state index is 0.0457. The van der Waals surface area contributed by atoms with Crippen LogP contribution in [0.1, 0.15) is 24.8 Å². The van der Waals surface area contributed by atoms with Gasteiger partial charge in [0.05, 0.1) is 0 Å². The van der Waals surface area contributed by atoms with Crippen LogP contribution in [0.15, 0.2) is 24.3 Å². The summed E-state index contributed by atoms with van der Waals surface area (Å²) in [5, 5.41) is 2.97. The van der Waals surface area contributed by atoms with Gasteiger partial charge in [0.2, 0.25) is 12.7 Å². The normalized spacial score (nSPS) is 18.5. The summed E-state index contributed by atoms with van der Waals surface area (Å²) in [5.74, 6) is 2.18. The van der Waals surface area contributed by atoms with Crippen LogP contribution in [0.5, 0.6) is 11.5 Å². The Kier molecular flexibility index (Phi) is 5.18. The molecule has 0 aromatic heterocycles. The predicted molar refractivity (Wildman–Crippen MR) is 89.4 cm³/mol. The van der Waals surface area contributed by atoms with Crippen LogP contribution in [0.4, 0.5) is 0 Å². The standard InChI is InChI=1S/C18H24N2O3/c1-20-10-7-14(8-11-20)6-9-19-18(21)5-3-15-2-4-16-17(12-15)23-13-22-16/h2-5,12,14H,6-11,13H2,1H3,(H,19,21)/b5-3+. The number of hydrogen-bond donors (Lipinski definition) is 1. The van der Waals surface area contributed by atoms with Gasteiger partial charge >= 0.3 is 0 Å². The number of fused-ring (bicyclic) bond motifs is 1. The first kappa shape index (κ1) is 15.9. The van der Waals surface area contributed by atoms with Crippen molar-refractivity contribution >= 4 is 12.0 Å². The van der Waals surface area contributed by atoms with Gasteiger partial charge in [0, 0.05) is 12.6 Å². The maximum Gasteiger partial charge on any atom is 0.243 e. The fraction of sp³-hybridized carbons (Fsp3) is 0.500. The van der Waals surface area contributed by atoms with E-state index in [0.29, 0.717) is 0 Å². The molecule has 2 heterocycles. The third kappa shape index (κ3) is 4.48. The summed E-state index contributed by atoms with van der Waals surface area (Å²) in [5.41, 5.74) is 0.930. The SMILES string of the molecule is CN1CCC(CCNC(=O)/C=C/c2ccc3c(c2)OCO3)CC1. The second kappa shape index (κ2) is 7.51. The van der Waals surface area contributed by atoms with Crippen molar-refractivity contribution in [1.82, 2.24) is 10.2 Å². The maximum atomic E-state index is 11.9. The zero-order chi connectivity index (χ0) is 16.1. The van der Waals surface area contributed by atoms with E-state index in [4.69, 9.17) is 9.47 Å². The molecule has 1 N–H and O–H groups in total. The van der Waals surface area contributed by atoms with Gasteiger partial charge in [0.1, 0.15) is 0 Å². The molecule has 5 nitrogen and oxygen atoms in total. The molecule has 1 aromatic carbocycles. The van der Waals surface area contributed by atoms with Crippen molar-refractivity contribution in [2.45, 2.75) is 19.3 Å². The lowest BCUT2D eigenvalue weighted by Gasteiger charge is -2.28. The summed E-state index contributed by atoms with van der Waals surface area (Å²) in [7, 11) is 2.17. The predicted octanol–water partition coefficient (Wildman–Crippen LogP) is 2.28. The Balaban J connectivity index is 1.40. The van der Waals surface area contributed by atoms with Crippen LogP contribution in [-0.2, 0) is 4.79 Å². The van der Waals surface area contributed by atoms with Crippen LogP contribution >= 0.6 is 0 Å². The van der Waals surface area contributed by atoms with E-state index in [2.05, 4.69) is 17.3 Å². The zero-order valence-electron chi connectivity index (χ0n) is 13.6. The van der Waals surface area contributed by atoms with E-state index in [1.165, 1.54) is 25.9 Å². The number of nitrogens with one attached hydrogen (secondary N) is 1. The lowest BCUT2D eigenvalue weighted by atomic mass is 9.94. The number of benzene rings is 1. The van der Waals surface area contributed by atoms with Crippen LogP contribution in [0, 0.1) is 5.92 Å². The molecule has 3 rings (SSSR count). The number of carbonyl (C=O) groups excluding carboxylic acids is 1. The fourth-order valence-electron chi connectivity index (χ4n) is 3.00. The van der Waals surface area contributed by atoms with Gasteiger partial charge in [-0.05, 0) is 69.1 Å². The van der Waals surface area contributed by atoms with Crippen molar-refractivity contribution in [1.29, 1.82) is 0 Å². The smallest absolute Gasteiger partial charge is 0.243 e. The molecular formula is C18H24N2O3. The van der Waals surface area contributed by atoms with Crippen LogP contribution < -0.4 is 14.8 Å². The van der Waals surface area contributed by atoms with Crippen molar-refractivity contribution in [3.05, 3.63) is 29.8 Å². The number of carbonyl (C=O) groups is 1. The van der Waals surface area contributed by atoms with E-state index >= 15 is 0 Å². The van der Waals surface area contributed by atoms with Crippen molar-refractivity contribution in [2.75, 3.05) is 33.5 Å². The lowest BCUT2D eigenvalue weighted by Crippen LogP contribution is -2.32. The Morgan fingerprint density at radius 2 is 2.09 bits per heavy atom. The highest BCUT2D eigenvalue weighted by molar-refractivity contribution is 5.91. The first-order valence-electron chi connectivity index (χ1n) is 8.25. The molecule has 2 aliphatic rings. The monoisotopic (exact) mass is 316 g/mol. The molecule has 124 valence electrons. The minimum Gasteiger partial charge on any atom is -0.454 e. The second-order valence-corrected chi connectivity index (χ2v) is 6.27. The highest BCUT2D eigenvalue weighted by Crippen LogP contribution is 2.32. The van der Waals surface area contributed by atoms with Crippen molar-refractivity contribution in [3.63, 3.8) is 0 Å². The maximum absolute atomic E-state index is 11.9. The third-order valence-corrected chi connectivity index (χ3v) is 4.51. The second-order valence-electron chi connectivity index (χ2n) is 6.27. The first-order chi connectivity index (χ1) is 11.2. The molecule has 0 aliphatic carbocycles. The van der Waals surface area contributed by atoms with Gasteiger partial charge in [0.15, 0.2) is 11.5 Å². The quantitative estimate of drug-likeness (QED) is 0.847. The number of piperidine rings is 1. The van der Waals surface area contributed by atoms with E-state index in [-0.39, 0.29) is 12.7 Å². The summed E-state index contributed by atoms with van der Waals surface area (Å²) >= 11 is 0. The molecule has 0 saturated carbocycles. The summed E-state index contributed by atoms with van der Waals surface area (Å²) in [6.07, 6.45) is 6.91. The van der Waals surface area contributed by atoms with Gasteiger partial charge in [-0.15, -0.1) is 0 Å². The molecule has 1 saturated heterocycles.